The Morgan fingerprint density at radius 3 is 2.62 bits per heavy atom. The second kappa shape index (κ2) is 7.51. The van der Waals surface area contributed by atoms with E-state index in [1.807, 2.05) is 17.0 Å². The molecule has 2 heterocycles. The summed E-state index contributed by atoms with van der Waals surface area (Å²) in [5.41, 5.74) is 2.41. The Morgan fingerprint density at radius 1 is 1.27 bits per heavy atom. The molecule has 0 saturated heterocycles. The number of thiophene rings is 1. The van der Waals surface area contributed by atoms with Crippen molar-refractivity contribution in [2.75, 3.05) is 6.54 Å². The first-order chi connectivity index (χ1) is 12.2. The fraction of sp³-hybridized carbons (Fsp3) is 0.500. The summed E-state index contributed by atoms with van der Waals surface area (Å²) in [5.74, 6) is 0.306. The summed E-state index contributed by atoms with van der Waals surface area (Å²) in [4.78, 5) is 16.5. The molecule has 2 aromatic rings. The Balaban J connectivity index is 1.85. The van der Waals surface area contributed by atoms with E-state index in [2.05, 4.69) is 39.1 Å². The van der Waals surface area contributed by atoms with Crippen molar-refractivity contribution in [3.05, 3.63) is 57.5 Å². The molecule has 1 amide bonds. The second-order valence-electron chi connectivity index (χ2n) is 8.66. The normalized spacial score (nSPS) is 18.5. The van der Waals surface area contributed by atoms with Crippen molar-refractivity contribution in [3.63, 3.8) is 0 Å². The molecule has 1 aliphatic heterocycles. The van der Waals surface area contributed by atoms with Crippen molar-refractivity contribution in [1.82, 2.24) is 4.90 Å². The number of fused-ring (bicyclic) bond motifs is 1. The number of carbonyl (C=O) groups excluding carboxylic acids is 1. The molecule has 1 aliphatic rings. The van der Waals surface area contributed by atoms with Crippen molar-refractivity contribution in [3.8, 4) is 0 Å². The van der Waals surface area contributed by atoms with Crippen LogP contribution in [0, 0.1) is 17.2 Å². The molecule has 1 aromatic heterocycles. The van der Waals surface area contributed by atoms with Gasteiger partial charge < -0.3 is 4.90 Å². The minimum Gasteiger partial charge on any atom is -0.331 e. The number of hydrogen-bond acceptors (Lipinski definition) is 2. The molecule has 3 rings (SSSR count). The van der Waals surface area contributed by atoms with Gasteiger partial charge in [0.05, 0.1) is 6.04 Å². The quantitative estimate of drug-likeness (QED) is 0.661. The fourth-order valence-corrected chi connectivity index (χ4v) is 5.03. The van der Waals surface area contributed by atoms with Gasteiger partial charge >= 0.3 is 0 Å². The van der Waals surface area contributed by atoms with Gasteiger partial charge in [0.2, 0.25) is 5.91 Å². The molecule has 1 aromatic carbocycles. The van der Waals surface area contributed by atoms with Gasteiger partial charge in [0.15, 0.2) is 0 Å². The van der Waals surface area contributed by atoms with E-state index in [-0.39, 0.29) is 23.2 Å². The minimum absolute atomic E-state index is 0.0973. The molecule has 0 aliphatic carbocycles. The first-order valence-corrected chi connectivity index (χ1v) is 10.2. The Hall–Kier alpha value is -1.68. The Bertz CT molecular complexity index is 759. The lowest BCUT2D eigenvalue weighted by Gasteiger charge is -2.37. The molecule has 26 heavy (non-hydrogen) atoms. The first kappa shape index (κ1) is 19.1. The number of amides is 1. The minimum atomic E-state index is -0.244. The summed E-state index contributed by atoms with van der Waals surface area (Å²) < 4.78 is 13.4. The summed E-state index contributed by atoms with van der Waals surface area (Å²) in [7, 11) is 0. The molecule has 2 atom stereocenters. The van der Waals surface area contributed by atoms with Crippen molar-refractivity contribution in [2.24, 2.45) is 11.3 Å². The zero-order valence-corrected chi connectivity index (χ0v) is 16.9. The largest absolute Gasteiger partial charge is 0.331 e. The molecule has 0 spiro atoms. The highest BCUT2D eigenvalue weighted by Gasteiger charge is 2.33. The summed E-state index contributed by atoms with van der Waals surface area (Å²) >= 11 is 1.75. The molecule has 0 unspecified atom stereocenters. The summed E-state index contributed by atoms with van der Waals surface area (Å²) in [5, 5.41) is 2.09. The number of benzene rings is 1. The maximum atomic E-state index is 13.4. The SMILES string of the molecule is C[C@H](CC(=O)N1CCc2sccc2[C@H]1c1ccc(F)cc1)CC(C)(C)C. The number of carbonyl (C=O) groups is 1. The molecule has 4 heteroatoms. The van der Waals surface area contributed by atoms with Crippen molar-refractivity contribution in [2.45, 2.75) is 53.0 Å². The van der Waals surface area contributed by atoms with Gasteiger partial charge in [-0.15, -0.1) is 11.3 Å². The number of halogens is 1. The maximum Gasteiger partial charge on any atom is 0.223 e. The third-order valence-corrected chi connectivity index (χ3v) is 5.95. The van der Waals surface area contributed by atoms with E-state index < -0.39 is 0 Å². The van der Waals surface area contributed by atoms with E-state index >= 15 is 0 Å². The summed E-state index contributed by atoms with van der Waals surface area (Å²) in [6, 6.07) is 8.62. The molecule has 0 N–H and O–H groups in total. The van der Waals surface area contributed by atoms with Crippen LogP contribution in [-0.2, 0) is 11.2 Å². The molecule has 0 fully saturated rings. The van der Waals surface area contributed by atoms with Crippen LogP contribution in [0.15, 0.2) is 35.7 Å². The van der Waals surface area contributed by atoms with Crippen molar-refractivity contribution < 1.29 is 9.18 Å². The number of rotatable bonds is 4. The molecule has 0 saturated carbocycles. The maximum absolute atomic E-state index is 13.4. The monoisotopic (exact) mass is 373 g/mol. The van der Waals surface area contributed by atoms with Gasteiger partial charge in [-0.2, -0.15) is 0 Å². The van der Waals surface area contributed by atoms with Crippen LogP contribution in [0.25, 0.3) is 0 Å². The Kier molecular flexibility index (Phi) is 5.52. The lowest BCUT2D eigenvalue weighted by Crippen LogP contribution is -2.40. The zero-order chi connectivity index (χ0) is 18.9. The Morgan fingerprint density at radius 2 is 1.96 bits per heavy atom. The first-order valence-electron chi connectivity index (χ1n) is 9.36. The van der Waals surface area contributed by atoms with E-state index in [1.54, 1.807) is 11.3 Å². The average molecular weight is 374 g/mol. The second-order valence-corrected chi connectivity index (χ2v) is 9.67. The van der Waals surface area contributed by atoms with Crippen LogP contribution >= 0.6 is 11.3 Å². The van der Waals surface area contributed by atoms with Gasteiger partial charge in [-0.25, -0.2) is 4.39 Å². The van der Waals surface area contributed by atoms with E-state index in [4.69, 9.17) is 0 Å². The standard InChI is InChI=1S/C22H28FNOS/c1-15(14-22(2,3)4)13-20(25)24-11-9-19-18(10-12-26-19)21(24)16-5-7-17(23)8-6-16/h5-8,10,12,15,21H,9,11,13-14H2,1-4H3/t15-,21-/m1/s1. The van der Waals surface area contributed by atoms with Gasteiger partial charge in [0.1, 0.15) is 5.82 Å². The topological polar surface area (TPSA) is 20.3 Å². The van der Waals surface area contributed by atoms with Crippen LogP contribution in [0.4, 0.5) is 4.39 Å². The van der Waals surface area contributed by atoms with Crippen LogP contribution in [0.2, 0.25) is 0 Å². The van der Waals surface area contributed by atoms with E-state index in [0.29, 0.717) is 12.3 Å². The van der Waals surface area contributed by atoms with Crippen LogP contribution in [0.1, 0.15) is 62.6 Å². The molecule has 0 radical (unpaired) electrons. The van der Waals surface area contributed by atoms with Gasteiger partial charge in [0, 0.05) is 17.8 Å². The van der Waals surface area contributed by atoms with Crippen LogP contribution in [0.3, 0.4) is 0 Å². The third-order valence-electron chi connectivity index (χ3n) is 4.96. The van der Waals surface area contributed by atoms with Gasteiger partial charge in [-0.3, -0.25) is 4.79 Å². The number of hydrogen-bond donors (Lipinski definition) is 0. The van der Waals surface area contributed by atoms with Crippen LogP contribution < -0.4 is 0 Å². The highest BCUT2D eigenvalue weighted by atomic mass is 32.1. The van der Waals surface area contributed by atoms with E-state index in [1.165, 1.54) is 22.6 Å². The molecule has 2 nitrogen and oxygen atoms in total. The molecular formula is C22H28FNOS. The van der Waals surface area contributed by atoms with Gasteiger partial charge in [0.25, 0.3) is 0 Å². The van der Waals surface area contributed by atoms with Crippen molar-refractivity contribution >= 4 is 17.2 Å². The predicted octanol–water partition coefficient (Wildman–Crippen LogP) is 5.82. The van der Waals surface area contributed by atoms with Gasteiger partial charge in [-0.1, -0.05) is 39.8 Å². The molecule has 140 valence electrons. The summed E-state index contributed by atoms with van der Waals surface area (Å²) in [6.45, 7) is 9.54. The fourth-order valence-electron chi connectivity index (χ4n) is 4.12. The van der Waals surface area contributed by atoms with Crippen LogP contribution in [0.5, 0.6) is 0 Å². The van der Waals surface area contributed by atoms with Crippen molar-refractivity contribution in [1.29, 1.82) is 0 Å². The van der Waals surface area contributed by atoms with E-state index in [9.17, 15) is 9.18 Å². The highest BCUT2D eigenvalue weighted by molar-refractivity contribution is 7.10. The lowest BCUT2D eigenvalue weighted by molar-refractivity contribution is -0.134. The molecular weight excluding hydrogens is 345 g/mol. The lowest BCUT2D eigenvalue weighted by atomic mass is 9.83. The zero-order valence-electron chi connectivity index (χ0n) is 16.1. The molecule has 0 bridgehead atoms. The smallest absolute Gasteiger partial charge is 0.223 e. The predicted molar refractivity (Wildman–Crippen MR) is 106 cm³/mol. The average Bonchev–Trinajstić information content (AvgIpc) is 3.01. The third kappa shape index (κ3) is 4.35. The Labute approximate surface area is 160 Å². The summed E-state index contributed by atoms with van der Waals surface area (Å²) in [6.07, 6.45) is 2.50. The van der Waals surface area contributed by atoms with Crippen LogP contribution in [-0.4, -0.2) is 17.4 Å². The van der Waals surface area contributed by atoms with Gasteiger partial charge in [-0.05, 0) is 58.9 Å². The highest BCUT2D eigenvalue weighted by Crippen LogP contribution is 2.38. The number of nitrogens with zero attached hydrogens (tertiary/aromatic N) is 1. The van der Waals surface area contributed by atoms with E-state index in [0.717, 1.165) is 24.9 Å².